The Morgan fingerprint density at radius 3 is 1.49 bits per heavy atom. The van der Waals surface area contributed by atoms with E-state index in [-0.39, 0.29) is 130 Å². The van der Waals surface area contributed by atoms with Crippen LogP contribution in [0.3, 0.4) is 0 Å². The van der Waals surface area contributed by atoms with Gasteiger partial charge in [0.2, 0.25) is 71.8 Å². The Hall–Kier alpha value is -9.39. The van der Waals surface area contributed by atoms with Crippen LogP contribution in [0, 0.1) is 5.92 Å². The summed E-state index contributed by atoms with van der Waals surface area (Å²) in [4.78, 5) is 170. The average Bonchev–Trinajstić information content (AvgIpc) is 1.76. The first kappa shape index (κ1) is 88.0. The molecule has 0 saturated heterocycles. The number of methoxy groups -OCH3 is 5. The van der Waals surface area contributed by atoms with Gasteiger partial charge in [-0.1, -0.05) is 62.4 Å². The van der Waals surface area contributed by atoms with Gasteiger partial charge < -0.3 is 111 Å². The van der Waals surface area contributed by atoms with E-state index in [1.165, 1.54) is 66.9 Å². The number of guanidine groups is 1. The SMILES string of the molecule is COCCN(CC(=O)N[C@@H](CCCN=C(N)N)C(=O)N[C@@H](CCSC)C(N)=O)C(=O)CN(CCOC)C(=O)CN(CCOC)C(=O)CN(CCOC)C(=O)CN(Cc1ccc(OC)cc1)C(=O)CN(Cc1ccc2c(c1)OCO2)C(=O)CN(CC(C)C)C(=O)CN(CCO)C(=O)CNCc1ccccc1. The average molecular weight is 1490 g/mol. The molecule has 105 heavy (non-hydrogen) atoms. The lowest BCUT2D eigenvalue weighted by Gasteiger charge is -2.33. The number of carbonyl (C=O) groups is 11. The summed E-state index contributed by atoms with van der Waals surface area (Å²) >= 11 is 1.44. The molecule has 34 nitrogen and oxygen atoms in total. The van der Waals surface area contributed by atoms with E-state index in [2.05, 4.69) is 20.9 Å². The number of hydrogen-bond donors (Lipinski definition) is 7. The maximum absolute atomic E-state index is 15.2. The zero-order valence-electron chi connectivity index (χ0n) is 61.6. The van der Waals surface area contributed by atoms with Crippen molar-refractivity contribution in [2.24, 2.45) is 28.1 Å². The monoisotopic (exact) mass is 1490 g/mol. The number of nitrogens with one attached hydrogen (secondary N) is 3. The molecule has 1 aliphatic heterocycles. The van der Waals surface area contributed by atoms with Crippen molar-refractivity contribution in [2.75, 3.05) is 192 Å². The van der Waals surface area contributed by atoms with Crippen molar-refractivity contribution in [1.29, 1.82) is 0 Å². The predicted molar refractivity (Wildman–Crippen MR) is 389 cm³/mol. The van der Waals surface area contributed by atoms with Gasteiger partial charge in [0.05, 0.1) is 86.0 Å². The Morgan fingerprint density at radius 2 is 1.00 bits per heavy atom. The highest BCUT2D eigenvalue weighted by atomic mass is 32.2. The van der Waals surface area contributed by atoms with Gasteiger partial charge in [0.15, 0.2) is 17.5 Å². The fourth-order valence-electron chi connectivity index (χ4n) is 10.6. The van der Waals surface area contributed by atoms with Crippen LogP contribution in [0.4, 0.5) is 0 Å². The summed E-state index contributed by atoms with van der Waals surface area (Å²) < 4.78 is 37.9. The van der Waals surface area contributed by atoms with Crippen molar-refractivity contribution in [2.45, 2.75) is 64.8 Å². The molecule has 4 rings (SSSR count). The number of nitrogens with zero attached hydrogens (tertiary/aromatic N) is 9. The number of aliphatic hydroxyl groups is 1. The molecule has 1 aliphatic rings. The molecule has 0 saturated carbocycles. The van der Waals surface area contributed by atoms with Crippen molar-refractivity contribution in [1.82, 2.24) is 55.1 Å². The Morgan fingerprint density at radius 1 is 0.533 bits per heavy atom. The number of aliphatic imine (C=N–C) groups is 1. The number of hydrogen-bond acceptors (Lipinski definition) is 22. The van der Waals surface area contributed by atoms with E-state index in [4.69, 9.17) is 50.4 Å². The number of carbonyl (C=O) groups excluding carboxylic acids is 11. The third-order valence-electron chi connectivity index (χ3n) is 16.3. The first-order valence-corrected chi connectivity index (χ1v) is 35.7. The minimum Gasteiger partial charge on any atom is -0.497 e. The Bertz CT molecular complexity index is 3280. The summed E-state index contributed by atoms with van der Waals surface area (Å²) in [7, 11) is 7.00. The molecule has 0 radical (unpaired) electrons. The molecule has 35 heteroatoms. The van der Waals surface area contributed by atoms with Gasteiger partial charge in [0.25, 0.3) is 0 Å². The lowest BCUT2D eigenvalue weighted by molar-refractivity contribution is -0.149. The highest BCUT2D eigenvalue weighted by Crippen LogP contribution is 2.33. The Balaban J connectivity index is 1.64. The lowest BCUT2D eigenvalue weighted by Crippen LogP contribution is -2.55. The normalized spacial score (nSPS) is 11.9. The Labute approximate surface area is 618 Å². The van der Waals surface area contributed by atoms with Crippen LogP contribution < -0.4 is 47.4 Å². The third-order valence-corrected chi connectivity index (χ3v) is 17.0. The topological polar surface area (TPSA) is 425 Å². The van der Waals surface area contributed by atoms with Gasteiger partial charge in [-0.15, -0.1) is 0 Å². The van der Waals surface area contributed by atoms with E-state index in [0.717, 1.165) is 25.2 Å². The number of benzene rings is 3. The zero-order chi connectivity index (χ0) is 77.2. The quantitative estimate of drug-likeness (QED) is 0.0183. The number of amides is 11. The van der Waals surface area contributed by atoms with Crippen LogP contribution in [0.15, 0.2) is 77.8 Å². The van der Waals surface area contributed by atoms with Crippen LogP contribution in [0.1, 0.15) is 49.8 Å². The van der Waals surface area contributed by atoms with Crippen molar-refractivity contribution in [3.05, 3.63) is 89.5 Å². The standard InChI is InChI=1S/C70H107N15O19S/c1-50(2)38-83(65(93)45-78(24-29-86)60(88)37-74-36-51-13-10-9-11-14-51)47-66(94)85(40-53-18-21-57-58(35-53)104-49-103-57)48-67(95)84(39-52-16-19-54(102-7)20-17-52)46-64(92)82(28-33-101-6)44-63(91)81(27-32-100-5)43-62(90)80(26-31-99-4)42-61(89)79(25-30-98-3)41-59(87)76-56(15-12-23-75-70(72)73)69(97)77-55(68(71)96)22-34-105-8/h9-11,13-14,16-21,35,50,55-56,74,86H,12,15,22-34,36-49H2,1-8H3,(H2,71,96)(H,76,87)(H,77,97)(H4,72,73,75)/t55-,56-/m0/s1. The second-order valence-corrected chi connectivity index (χ2v) is 25.9. The van der Waals surface area contributed by atoms with Crippen LogP contribution in [0.25, 0.3) is 0 Å². The number of rotatable bonds is 52. The van der Waals surface area contributed by atoms with E-state index in [1.807, 2.05) is 50.4 Å². The lowest BCUT2D eigenvalue weighted by atomic mass is 10.1. The molecule has 10 N–H and O–H groups in total. The van der Waals surface area contributed by atoms with E-state index < -0.39 is 136 Å². The first-order valence-electron chi connectivity index (χ1n) is 34.4. The molecule has 0 bridgehead atoms. The molecule has 0 aliphatic carbocycles. The van der Waals surface area contributed by atoms with Crippen LogP contribution >= 0.6 is 11.8 Å². The van der Waals surface area contributed by atoms with Gasteiger partial charge in [0, 0.05) is 93.9 Å². The molecule has 3 aromatic carbocycles. The molecule has 2 atom stereocenters. The summed E-state index contributed by atoms with van der Waals surface area (Å²) in [5.41, 5.74) is 18.6. The molecule has 11 amide bonds. The van der Waals surface area contributed by atoms with E-state index in [9.17, 15) is 48.3 Å². The van der Waals surface area contributed by atoms with E-state index in [1.54, 1.807) is 42.5 Å². The summed E-state index contributed by atoms with van der Waals surface area (Å²) in [6.07, 6.45) is 2.28. The molecule has 0 aromatic heterocycles. The summed E-state index contributed by atoms with van der Waals surface area (Å²) in [6.45, 7) is -2.84. The molecule has 1 heterocycles. The molecule has 582 valence electrons. The second-order valence-electron chi connectivity index (χ2n) is 24.9. The first-order chi connectivity index (χ1) is 50.4. The van der Waals surface area contributed by atoms with Gasteiger partial charge in [-0.2, -0.15) is 11.8 Å². The van der Waals surface area contributed by atoms with E-state index >= 15 is 9.59 Å². The van der Waals surface area contributed by atoms with Crippen molar-refractivity contribution in [3.8, 4) is 17.2 Å². The van der Waals surface area contributed by atoms with Crippen molar-refractivity contribution < 1.29 is 91.0 Å². The predicted octanol–water partition coefficient (Wildman–Crippen LogP) is -1.96. The van der Waals surface area contributed by atoms with E-state index in [0.29, 0.717) is 40.7 Å². The highest BCUT2D eigenvalue weighted by Gasteiger charge is 2.33. The van der Waals surface area contributed by atoms with Crippen molar-refractivity contribution in [3.63, 3.8) is 0 Å². The van der Waals surface area contributed by atoms with Gasteiger partial charge in [-0.05, 0) is 78.1 Å². The number of fused-ring (bicyclic) bond motifs is 1. The van der Waals surface area contributed by atoms with Crippen LogP contribution in [-0.4, -0.2) is 319 Å². The largest absolute Gasteiger partial charge is 0.497 e. The van der Waals surface area contributed by atoms with Gasteiger partial charge in [-0.3, -0.25) is 57.7 Å². The van der Waals surface area contributed by atoms with Crippen LogP contribution in [0.2, 0.25) is 0 Å². The van der Waals surface area contributed by atoms with Gasteiger partial charge in [-0.25, -0.2) is 0 Å². The maximum Gasteiger partial charge on any atom is 0.243 e. The maximum atomic E-state index is 15.2. The number of ether oxygens (including phenoxy) is 7. The number of aliphatic hydroxyl groups excluding tert-OH is 1. The molecule has 0 unspecified atom stereocenters. The third kappa shape index (κ3) is 32.7. The van der Waals surface area contributed by atoms with Gasteiger partial charge >= 0.3 is 0 Å². The number of nitrogens with two attached hydrogens (primary N) is 3. The van der Waals surface area contributed by atoms with Crippen molar-refractivity contribution >= 4 is 82.7 Å². The summed E-state index contributed by atoms with van der Waals surface area (Å²) in [5, 5.41) is 18.3. The minimum atomic E-state index is -1.23. The molecular weight excluding hydrogens is 1390 g/mol. The zero-order valence-corrected chi connectivity index (χ0v) is 62.4. The fourth-order valence-corrected chi connectivity index (χ4v) is 11.1. The molecule has 3 aromatic rings. The fraction of sp³-hybridized carbons (Fsp3) is 0.571. The summed E-state index contributed by atoms with van der Waals surface area (Å²) in [6, 6.07) is 18.8. The summed E-state index contributed by atoms with van der Waals surface area (Å²) in [5.74, 6) is -6.23. The highest BCUT2D eigenvalue weighted by molar-refractivity contribution is 7.98. The van der Waals surface area contributed by atoms with Crippen LogP contribution in [-0.2, 0) is 91.3 Å². The minimum absolute atomic E-state index is 0.0152. The number of thioether (sulfide) groups is 1. The smallest absolute Gasteiger partial charge is 0.243 e. The van der Waals surface area contributed by atoms with Crippen LogP contribution in [0.5, 0.6) is 17.2 Å². The molecule has 0 fully saturated rings. The molecule has 0 spiro atoms. The number of primary amides is 1. The van der Waals surface area contributed by atoms with Gasteiger partial charge in [0.1, 0.15) is 30.9 Å². The second kappa shape index (κ2) is 48.6. The molecular formula is C70H107N15O19S. The Kier molecular flexibility index (Phi) is 40.7.